The fraction of sp³-hybridized carbons (Fsp3) is 0.333. The van der Waals surface area contributed by atoms with Gasteiger partial charge in [0.2, 0.25) is 5.95 Å². The fourth-order valence-corrected chi connectivity index (χ4v) is 2.69. The molecule has 118 valence electrons. The fourth-order valence-electron chi connectivity index (χ4n) is 2.69. The highest BCUT2D eigenvalue weighted by atomic mass is 16.5. The number of anilines is 1. The summed E-state index contributed by atoms with van der Waals surface area (Å²) in [5, 5.41) is 0. The molecule has 8 nitrogen and oxygen atoms in total. The second-order valence-corrected chi connectivity index (χ2v) is 5.43. The maximum atomic E-state index is 12.3. The highest BCUT2D eigenvalue weighted by molar-refractivity contribution is 5.73. The van der Waals surface area contributed by atoms with Gasteiger partial charge in [-0.05, 0) is 19.1 Å². The lowest BCUT2D eigenvalue weighted by atomic mass is 10.3. The van der Waals surface area contributed by atoms with Crippen LogP contribution in [0.15, 0.2) is 29.5 Å². The van der Waals surface area contributed by atoms with Gasteiger partial charge in [-0.25, -0.2) is 4.98 Å². The number of H-pyrrole nitrogens is 1. The number of imidazole rings is 1. The van der Waals surface area contributed by atoms with Crippen LogP contribution in [0.1, 0.15) is 5.69 Å². The van der Waals surface area contributed by atoms with E-state index >= 15 is 0 Å². The molecular weight excluding hydrogens is 296 g/mol. The van der Waals surface area contributed by atoms with Gasteiger partial charge in [0.05, 0.1) is 18.9 Å². The van der Waals surface area contributed by atoms with Gasteiger partial charge in [0.1, 0.15) is 6.33 Å². The maximum absolute atomic E-state index is 12.3. The van der Waals surface area contributed by atoms with E-state index in [1.165, 1.54) is 0 Å². The highest BCUT2D eigenvalue weighted by Gasteiger charge is 2.17. The lowest BCUT2D eigenvalue weighted by Crippen LogP contribution is -2.38. The van der Waals surface area contributed by atoms with E-state index in [-0.39, 0.29) is 5.56 Å². The average molecular weight is 312 g/mol. The number of hydrogen-bond donors (Lipinski definition) is 1. The first-order valence-corrected chi connectivity index (χ1v) is 7.45. The number of rotatable bonds is 2. The minimum Gasteiger partial charge on any atom is -0.378 e. The standard InChI is InChI=1S/C15H16N6O2/c1-10-8-11(2-3-16-10)21-9-17-12-13(21)18-15(19-14(12)22)20-4-6-23-7-5-20/h2-3,8-9H,4-7H2,1H3,(H,18,19,22). The topological polar surface area (TPSA) is 88.9 Å². The molecule has 1 fully saturated rings. The first kappa shape index (κ1) is 13.9. The van der Waals surface area contributed by atoms with Gasteiger partial charge in [-0.2, -0.15) is 4.98 Å². The lowest BCUT2D eigenvalue weighted by molar-refractivity contribution is 0.122. The predicted octanol–water partition coefficient (Wildman–Crippen LogP) is 0.649. The van der Waals surface area contributed by atoms with E-state index in [1.54, 1.807) is 12.5 Å². The lowest BCUT2D eigenvalue weighted by Gasteiger charge is -2.27. The molecule has 1 N–H and O–H groups in total. The van der Waals surface area contributed by atoms with Gasteiger partial charge >= 0.3 is 0 Å². The summed E-state index contributed by atoms with van der Waals surface area (Å²) in [6, 6.07) is 3.80. The summed E-state index contributed by atoms with van der Waals surface area (Å²) in [4.78, 5) is 30.2. The van der Waals surface area contributed by atoms with E-state index in [9.17, 15) is 4.79 Å². The van der Waals surface area contributed by atoms with Gasteiger partial charge in [-0.3, -0.25) is 19.3 Å². The Bertz CT molecular complexity index is 910. The predicted molar refractivity (Wildman–Crippen MR) is 85.0 cm³/mol. The van der Waals surface area contributed by atoms with Gasteiger partial charge in [0.15, 0.2) is 11.2 Å². The summed E-state index contributed by atoms with van der Waals surface area (Å²) in [6.07, 6.45) is 3.34. The van der Waals surface area contributed by atoms with E-state index < -0.39 is 0 Å². The highest BCUT2D eigenvalue weighted by Crippen LogP contribution is 2.17. The third-order valence-corrected chi connectivity index (χ3v) is 3.86. The minimum atomic E-state index is -0.235. The third kappa shape index (κ3) is 2.46. The van der Waals surface area contributed by atoms with Crippen LogP contribution in [0.3, 0.4) is 0 Å². The molecule has 3 aromatic rings. The second kappa shape index (κ2) is 5.47. The molecule has 0 aliphatic carbocycles. The monoisotopic (exact) mass is 312 g/mol. The first-order chi connectivity index (χ1) is 11.2. The number of aromatic nitrogens is 5. The summed E-state index contributed by atoms with van der Waals surface area (Å²) < 4.78 is 7.15. The van der Waals surface area contributed by atoms with Crippen molar-refractivity contribution in [3.8, 4) is 5.69 Å². The van der Waals surface area contributed by atoms with Crippen LogP contribution in [0, 0.1) is 6.92 Å². The molecule has 1 saturated heterocycles. The molecular formula is C15H16N6O2. The number of hydrogen-bond acceptors (Lipinski definition) is 6. The van der Waals surface area contributed by atoms with E-state index in [1.807, 2.05) is 28.5 Å². The van der Waals surface area contributed by atoms with Crippen molar-refractivity contribution in [2.75, 3.05) is 31.2 Å². The molecule has 0 amide bonds. The summed E-state index contributed by atoms with van der Waals surface area (Å²) in [6.45, 7) is 4.59. The molecule has 4 rings (SSSR count). The van der Waals surface area contributed by atoms with Gasteiger partial charge in [0.25, 0.3) is 5.56 Å². The Hall–Kier alpha value is -2.74. The number of aromatic amines is 1. The molecule has 23 heavy (non-hydrogen) atoms. The van der Waals surface area contributed by atoms with Crippen LogP contribution in [-0.4, -0.2) is 50.8 Å². The molecule has 3 aromatic heterocycles. The Morgan fingerprint density at radius 3 is 2.87 bits per heavy atom. The van der Waals surface area contributed by atoms with Crippen molar-refractivity contribution in [2.45, 2.75) is 6.92 Å². The smallest absolute Gasteiger partial charge is 0.280 e. The summed E-state index contributed by atoms with van der Waals surface area (Å²) >= 11 is 0. The Labute approximate surface area is 131 Å². The number of ether oxygens (including phenoxy) is 1. The van der Waals surface area contributed by atoms with Gasteiger partial charge in [0, 0.05) is 25.0 Å². The first-order valence-electron chi connectivity index (χ1n) is 7.45. The number of morpholine rings is 1. The van der Waals surface area contributed by atoms with E-state index in [0.29, 0.717) is 43.4 Å². The SMILES string of the molecule is Cc1cc(-n2cnc3c(=O)[nH]c(N4CCOCC4)nc32)ccn1. The number of fused-ring (bicyclic) bond motifs is 1. The zero-order chi connectivity index (χ0) is 15.8. The van der Waals surface area contributed by atoms with Crippen LogP contribution in [-0.2, 0) is 4.74 Å². The van der Waals surface area contributed by atoms with Gasteiger partial charge in [-0.1, -0.05) is 0 Å². The van der Waals surface area contributed by atoms with E-state index in [0.717, 1.165) is 11.4 Å². The Kier molecular flexibility index (Phi) is 3.30. The van der Waals surface area contributed by atoms with E-state index in [4.69, 9.17) is 4.74 Å². The van der Waals surface area contributed by atoms with Gasteiger partial charge in [-0.15, -0.1) is 0 Å². The summed E-state index contributed by atoms with van der Waals surface area (Å²) in [5.74, 6) is 0.554. The molecule has 1 aliphatic rings. The normalized spacial score (nSPS) is 15.3. The number of pyridine rings is 1. The summed E-state index contributed by atoms with van der Waals surface area (Å²) in [5.41, 5.74) is 2.41. The quantitative estimate of drug-likeness (QED) is 0.747. The van der Waals surface area contributed by atoms with Crippen LogP contribution < -0.4 is 10.5 Å². The zero-order valence-electron chi connectivity index (χ0n) is 12.7. The molecule has 0 atom stereocenters. The Morgan fingerprint density at radius 2 is 2.09 bits per heavy atom. The van der Waals surface area contributed by atoms with Crippen molar-refractivity contribution >= 4 is 17.1 Å². The Balaban J connectivity index is 1.86. The largest absolute Gasteiger partial charge is 0.378 e. The molecule has 0 unspecified atom stereocenters. The summed E-state index contributed by atoms with van der Waals surface area (Å²) in [7, 11) is 0. The van der Waals surface area contributed by atoms with Crippen molar-refractivity contribution in [1.82, 2.24) is 24.5 Å². The van der Waals surface area contributed by atoms with Crippen molar-refractivity contribution in [3.05, 3.63) is 40.7 Å². The molecule has 1 aliphatic heterocycles. The molecule has 0 saturated carbocycles. The number of nitrogens with zero attached hydrogens (tertiary/aromatic N) is 5. The maximum Gasteiger partial charge on any atom is 0.280 e. The molecule has 4 heterocycles. The van der Waals surface area contributed by atoms with E-state index in [2.05, 4.69) is 19.9 Å². The molecule has 0 spiro atoms. The molecule has 0 aromatic carbocycles. The molecule has 0 bridgehead atoms. The molecule has 0 radical (unpaired) electrons. The minimum absolute atomic E-state index is 0.235. The number of aryl methyl sites for hydroxylation is 1. The van der Waals surface area contributed by atoms with Crippen molar-refractivity contribution in [1.29, 1.82) is 0 Å². The van der Waals surface area contributed by atoms with Crippen LogP contribution in [0.2, 0.25) is 0 Å². The Morgan fingerprint density at radius 1 is 1.26 bits per heavy atom. The van der Waals surface area contributed by atoms with Gasteiger partial charge < -0.3 is 9.64 Å². The average Bonchev–Trinajstić information content (AvgIpc) is 3.00. The third-order valence-electron chi connectivity index (χ3n) is 3.86. The molecule has 8 heteroatoms. The number of nitrogens with one attached hydrogen (secondary N) is 1. The van der Waals surface area contributed by atoms with Crippen LogP contribution in [0.4, 0.5) is 5.95 Å². The van der Waals surface area contributed by atoms with Crippen LogP contribution in [0.5, 0.6) is 0 Å². The van der Waals surface area contributed by atoms with Crippen molar-refractivity contribution in [3.63, 3.8) is 0 Å². The van der Waals surface area contributed by atoms with Crippen molar-refractivity contribution < 1.29 is 4.74 Å². The van der Waals surface area contributed by atoms with Crippen LogP contribution in [0.25, 0.3) is 16.9 Å². The van der Waals surface area contributed by atoms with Crippen LogP contribution >= 0.6 is 0 Å². The second-order valence-electron chi connectivity index (χ2n) is 5.43. The zero-order valence-corrected chi connectivity index (χ0v) is 12.7. The van der Waals surface area contributed by atoms with Crippen molar-refractivity contribution in [2.24, 2.45) is 0 Å².